The summed E-state index contributed by atoms with van der Waals surface area (Å²) in [6.07, 6.45) is 1.26. The van der Waals surface area contributed by atoms with E-state index in [4.69, 9.17) is 4.74 Å². The molecule has 1 atom stereocenters. The molecule has 1 N–H and O–H groups in total. The third-order valence-electron chi connectivity index (χ3n) is 2.47. The van der Waals surface area contributed by atoms with E-state index in [0.717, 1.165) is 0 Å². The van der Waals surface area contributed by atoms with E-state index in [1.807, 2.05) is 0 Å². The summed E-state index contributed by atoms with van der Waals surface area (Å²) in [5, 5.41) is 17.3. The van der Waals surface area contributed by atoms with Gasteiger partial charge in [0.25, 0.3) is 0 Å². The molecule has 0 spiro atoms. The van der Waals surface area contributed by atoms with Crippen molar-refractivity contribution in [3.63, 3.8) is 0 Å². The number of aromatic nitrogens is 2. The predicted molar refractivity (Wildman–Crippen MR) is 63.2 cm³/mol. The quantitative estimate of drug-likeness (QED) is 0.452. The van der Waals surface area contributed by atoms with Crippen molar-refractivity contribution in [2.24, 2.45) is 0 Å². The Balaban J connectivity index is 2.71. The van der Waals surface area contributed by atoms with Crippen molar-refractivity contribution in [3.8, 4) is 0 Å². The first-order valence-corrected chi connectivity index (χ1v) is 5.44. The number of amides is 1. The van der Waals surface area contributed by atoms with E-state index >= 15 is 0 Å². The summed E-state index contributed by atoms with van der Waals surface area (Å²) in [5.41, 5.74) is 0.197. The summed E-state index contributed by atoms with van der Waals surface area (Å²) < 4.78 is 6.09. The molecule has 0 saturated carbocycles. The molecule has 18 heavy (non-hydrogen) atoms. The van der Waals surface area contributed by atoms with Crippen LogP contribution in [0.3, 0.4) is 0 Å². The molecule has 1 amide bonds. The fourth-order valence-corrected chi connectivity index (χ4v) is 1.39. The van der Waals surface area contributed by atoms with Crippen LogP contribution < -0.4 is 5.32 Å². The molecule has 100 valence electrons. The van der Waals surface area contributed by atoms with Gasteiger partial charge in [-0.1, -0.05) is 0 Å². The van der Waals surface area contributed by atoms with Gasteiger partial charge in [0.2, 0.25) is 5.91 Å². The molecule has 0 radical (unpaired) electrons. The van der Waals surface area contributed by atoms with Crippen molar-refractivity contribution in [2.45, 2.75) is 19.9 Å². The van der Waals surface area contributed by atoms with Crippen LogP contribution in [-0.2, 0) is 9.53 Å². The standard InChI is InChI=1S/C10H16N4O4/c1-7-9(14(16)17)6-13(12-7)8(2)10(15)11-4-5-18-3/h6,8H,4-5H2,1-3H3,(H,11,15). The van der Waals surface area contributed by atoms with E-state index < -0.39 is 11.0 Å². The van der Waals surface area contributed by atoms with Crippen LogP contribution in [0.2, 0.25) is 0 Å². The summed E-state index contributed by atoms with van der Waals surface area (Å²) in [6, 6.07) is -0.603. The first-order valence-electron chi connectivity index (χ1n) is 5.44. The van der Waals surface area contributed by atoms with Crippen LogP contribution in [-0.4, -0.2) is 40.9 Å². The molecule has 0 aliphatic heterocycles. The number of rotatable bonds is 6. The highest BCUT2D eigenvalue weighted by atomic mass is 16.6. The minimum atomic E-state index is -0.603. The Labute approximate surface area is 104 Å². The molecule has 8 heteroatoms. The average molecular weight is 256 g/mol. The van der Waals surface area contributed by atoms with Crippen LogP contribution in [0.15, 0.2) is 6.20 Å². The topological polar surface area (TPSA) is 99.3 Å². The summed E-state index contributed by atoms with van der Waals surface area (Å²) in [6.45, 7) is 3.96. The number of nitro groups is 1. The molecule has 1 aromatic heterocycles. The molecular formula is C10H16N4O4. The van der Waals surface area contributed by atoms with Gasteiger partial charge in [-0.25, -0.2) is 0 Å². The molecule has 0 aromatic carbocycles. The molecule has 0 bridgehead atoms. The second kappa shape index (κ2) is 6.10. The van der Waals surface area contributed by atoms with Gasteiger partial charge < -0.3 is 10.1 Å². The van der Waals surface area contributed by atoms with Gasteiger partial charge in [0.1, 0.15) is 17.9 Å². The zero-order valence-corrected chi connectivity index (χ0v) is 10.5. The number of ether oxygens (including phenoxy) is 1. The van der Waals surface area contributed by atoms with Crippen LogP contribution in [0.1, 0.15) is 18.7 Å². The highest BCUT2D eigenvalue weighted by molar-refractivity contribution is 5.79. The summed E-state index contributed by atoms with van der Waals surface area (Å²) >= 11 is 0. The largest absolute Gasteiger partial charge is 0.383 e. The number of nitrogens with one attached hydrogen (secondary N) is 1. The molecule has 0 aliphatic carbocycles. The van der Waals surface area contributed by atoms with Crippen molar-refractivity contribution in [1.82, 2.24) is 15.1 Å². The van der Waals surface area contributed by atoms with Gasteiger partial charge in [-0.3, -0.25) is 19.6 Å². The maximum Gasteiger partial charge on any atom is 0.309 e. The van der Waals surface area contributed by atoms with E-state index in [0.29, 0.717) is 13.2 Å². The lowest BCUT2D eigenvalue weighted by atomic mass is 10.3. The normalized spacial score (nSPS) is 12.2. The fourth-order valence-electron chi connectivity index (χ4n) is 1.39. The molecule has 0 aliphatic rings. The Morgan fingerprint density at radius 2 is 2.39 bits per heavy atom. The number of aryl methyl sites for hydroxylation is 1. The van der Waals surface area contributed by atoms with Gasteiger partial charge in [-0.05, 0) is 13.8 Å². The number of nitrogens with zero attached hydrogens (tertiary/aromatic N) is 3. The maximum atomic E-state index is 11.7. The molecule has 1 aromatic rings. The van der Waals surface area contributed by atoms with E-state index in [1.165, 1.54) is 24.9 Å². The molecule has 8 nitrogen and oxygen atoms in total. The van der Waals surface area contributed by atoms with Gasteiger partial charge in [0.05, 0.1) is 11.5 Å². The van der Waals surface area contributed by atoms with Gasteiger partial charge >= 0.3 is 5.69 Å². The van der Waals surface area contributed by atoms with Crippen molar-refractivity contribution in [1.29, 1.82) is 0 Å². The van der Waals surface area contributed by atoms with Gasteiger partial charge in [-0.2, -0.15) is 5.10 Å². The minimum Gasteiger partial charge on any atom is -0.383 e. The molecule has 1 heterocycles. The van der Waals surface area contributed by atoms with Crippen LogP contribution in [0.5, 0.6) is 0 Å². The minimum absolute atomic E-state index is 0.0912. The number of methoxy groups -OCH3 is 1. The smallest absolute Gasteiger partial charge is 0.309 e. The van der Waals surface area contributed by atoms with Crippen molar-refractivity contribution < 1.29 is 14.5 Å². The summed E-state index contributed by atoms with van der Waals surface area (Å²) in [4.78, 5) is 21.9. The number of hydrogen-bond acceptors (Lipinski definition) is 5. The third kappa shape index (κ3) is 3.27. The highest BCUT2D eigenvalue weighted by Crippen LogP contribution is 2.18. The Hall–Kier alpha value is -1.96. The lowest BCUT2D eigenvalue weighted by Crippen LogP contribution is -2.33. The summed E-state index contributed by atoms with van der Waals surface area (Å²) in [5.74, 6) is -0.260. The first kappa shape index (κ1) is 14.1. The van der Waals surface area contributed by atoms with Gasteiger partial charge in [0.15, 0.2) is 0 Å². The third-order valence-corrected chi connectivity index (χ3v) is 2.47. The second-order valence-electron chi connectivity index (χ2n) is 3.80. The van der Waals surface area contributed by atoms with Gasteiger partial charge in [-0.15, -0.1) is 0 Å². The average Bonchev–Trinajstić information content (AvgIpc) is 2.70. The number of carbonyl (C=O) groups excluding carboxylic acids is 1. The lowest BCUT2D eigenvalue weighted by molar-refractivity contribution is -0.385. The number of hydrogen-bond donors (Lipinski definition) is 1. The first-order chi connectivity index (χ1) is 8.47. The van der Waals surface area contributed by atoms with Crippen LogP contribution >= 0.6 is 0 Å². The highest BCUT2D eigenvalue weighted by Gasteiger charge is 2.21. The summed E-state index contributed by atoms with van der Waals surface area (Å²) in [7, 11) is 1.54. The van der Waals surface area contributed by atoms with Crippen LogP contribution in [0, 0.1) is 17.0 Å². The van der Waals surface area contributed by atoms with Crippen LogP contribution in [0.25, 0.3) is 0 Å². The molecule has 0 fully saturated rings. The van der Waals surface area contributed by atoms with E-state index in [-0.39, 0.29) is 17.3 Å². The molecular weight excluding hydrogens is 240 g/mol. The van der Waals surface area contributed by atoms with E-state index in [9.17, 15) is 14.9 Å². The molecule has 1 rings (SSSR count). The van der Waals surface area contributed by atoms with Crippen molar-refractivity contribution in [3.05, 3.63) is 22.0 Å². The number of carbonyl (C=O) groups is 1. The van der Waals surface area contributed by atoms with Gasteiger partial charge in [0, 0.05) is 13.7 Å². The Morgan fingerprint density at radius 3 is 2.89 bits per heavy atom. The SMILES string of the molecule is COCCNC(=O)C(C)n1cc([N+](=O)[O-])c(C)n1. The van der Waals surface area contributed by atoms with E-state index in [1.54, 1.807) is 6.92 Å². The van der Waals surface area contributed by atoms with E-state index in [2.05, 4.69) is 10.4 Å². The van der Waals surface area contributed by atoms with Crippen molar-refractivity contribution >= 4 is 11.6 Å². The zero-order chi connectivity index (χ0) is 13.7. The monoisotopic (exact) mass is 256 g/mol. The predicted octanol–water partition coefficient (Wildman–Crippen LogP) is 0.423. The molecule has 1 unspecified atom stereocenters. The lowest BCUT2D eigenvalue weighted by Gasteiger charge is -2.11. The maximum absolute atomic E-state index is 11.7. The van der Waals surface area contributed by atoms with Crippen LogP contribution in [0.4, 0.5) is 5.69 Å². The zero-order valence-electron chi connectivity index (χ0n) is 10.5. The molecule has 0 saturated heterocycles. The Kier molecular flexibility index (Phi) is 4.78. The Morgan fingerprint density at radius 1 is 1.72 bits per heavy atom. The Bertz CT molecular complexity index is 443. The fraction of sp³-hybridized carbons (Fsp3) is 0.600. The van der Waals surface area contributed by atoms with Crippen molar-refractivity contribution in [2.75, 3.05) is 20.3 Å². The second-order valence-corrected chi connectivity index (χ2v) is 3.80.